The molecule has 2 N–H and O–H groups in total. The summed E-state index contributed by atoms with van der Waals surface area (Å²) in [4.78, 5) is 12.6. The highest BCUT2D eigenvalue weighted by atomic mass is 35.5. The average Bonchev–Trinajstić information content (AvgIpc) is 2.96. The SMILES string of the molecule is CC1(C)CCN2NC(C(=O)NC3COc4ccc(Cl)cc4C3)C=C2O1. The van der Waals surface area contributed by atoms with Crippen LogP contribution in [-0.4, -0.2) is 41.8 Å². The van der Waals surface area contributed by atoms with Crippen molar-refractivity contribution in [2.75, 3.05) is 13.2 Å². The molecule has 1 aromatic rings. The van der Waals surface area contributed by atoms with Crippen LogP contribution in [-0.2, 0) is 16.0 Å². The predicted octanol–water partition coefficient (Wildman–Crippen LogP) is 1.99. The highest BCUT2D eigenvalue weighted by molar-refractivity contribution is 6.30. The molecule has 1 aromatic carbocycles. The standard InChI is InChI=1S/C18H22ClN3O3/c1-18(2)5-6-22-16(25-18)9-14(21-22)17(23)20-13-8-11-7-12(19)3-4-15(11)24-10-13/h3-4,7,9,13-14,21H,5-6,8,10H2,1-2H3,(H,20,23). The Bertz CT molecular complexity index is 734. The molecule has 1 amide bonds. The van der Waals surface area contributed by atoms with Crippen molar-refractivity contribution in [1.82, 2.24) is 15.8 Å². The topological polar surface area (TPSA) is 62.8 Å². The van der Waals surface area contributed by atoms with Crippen LogP contribution in [0.2, 0.25) is 5.02 Å². The molecule has 3 aliphatic rings. The quantitative estimate of drug-likeness (QED) is 0.841. The summed E-state index contributed by atoms with van der Waals surface area (Å²) >= 11 is 6.05. The highest BCUT2D eigenvalue weighted by Crippen LogP contribution is 2.30. The molecular formula is C18H22ClN3O3. The third-order valence-electron chi connectivity index (χ3n) is 4.75. The second-order valence-corrected chi connectivity index (χ2v) is 7.78. The van der Waals surface area contributed by atoms with E-state index >= 15 is 0 Å². The Kier molecular flexibility index (Phi) is 4.04. The van der Waals surface area contributed by atoms with Crippen LogP contribution in [0.1, 0.15) is 25.8 Å². The lowest BCUT2D eigenvalue weighted by Gasteiger charge is -2.37. The van der Waals surface area contributed by atoms with Crippen molar-refractivity contribution >= 4 is 17.5 Å². The third-order valence-corrected chi connectivity index (χ3v) is 4.98. The lowest BCUT2D eigenvalue weighted by atomic mass is 10.0. The summed E-state index contributed by atoms with van der Waals surface area (Å²) in [6.07, 6.45) is 3.45. The zero-order valence-corrected chi connectivity index (χ0v) is 15.1. The number of hydrogen-bond acceptors (Lipinski definition) is 5. The molecule has 1 saturated heterocycles. The van der Waals surface area contributed by atoms with Gasteiger partial charge in [0.2, 0.25) is 11.8 Å². The normalized spacial score (nSPS) is 26.7. The number of amides is 1. The fraction of sp³-hybridized carbons (Fsp3) is 0.500. The molecule has 4 rings (SSSR count). The maximum Gasteiger partial charge on any atom is 0.243 e. The van der Waals surface area contributed by atoms with Crippen LogP contribution in [0.3, 0.4) is 0 Å². The zero-order valence-electron chi connectivity index (χ0n) is 14.3. The van der Waals surface area contributed by atoms with Gasteiger partial charge < -0.3 is 14.8 Å². The number of halogens is 1. The summed E-state index contributed by atoms with van der Waals surface area (Å²) in [5, 5.41) is 5.63. The Morgan fingerprint density at radius 3 is 3.12 bits per heavy atom. The van der Waals surface area contributed by atoms with E-state index in [0.717, 1.165) is 30.2 Å². The molecule has 0 aromatic heterocycles. The van der Waals surface area contributed by atoms with E-state index in [0.29, 0.717) is 18.1 Å². The van der Waals surface area contributed by atoms with Crippen LogP contribution in [0.5, 0.6) is 5.75 Å². The molecule has 0 spiro atoms. The zero-order chi connectivity index (χ0) is 17.6. The average molecular weight is 364 g/mol. The molecule has 1 fully saturated rings. The smallest absolute Gasteiger partial charge is 0.243 e. The molecule has 6 nitrogen and oxygen atoms in total. The number of carbonyl (C=O) groups excluding carboxylic acids is 1. The van der Waals surface area contributed by atoms with Gasteiger partial charge in [0, 0.05) is 24.1 Å². The van der Waals surface area contributed by atoms with E-state index in [4.69, 9.17) is 21.1 Å². The summed E-state index contributed by atoms with van der Waals surface area (Å²) in [5.41, 5.74) is 4.01. The van der Waals surface area contributed by atoms with E-state index < -0.39 is 6.04 Å². The van der Waals surface area contributed by atoms with Crippen molar-refractivity contribution in [3.63, 3.8) is 0 Å². The van der Waals surface area contributed by atoms with Crippen molar-refractivity contribution in [3.05, 3.63) is 40.7 Å². The van der Waals surface area contributed by atoms with Gasteiger partial charge >= 0.3 is 0 Å². The van der Waals surface area contributed by atoms with Crippen LogP contribution < -0.4 is 15.5 Å². The number of hydrogen-bond donors (Lipinski definition) is 2. The fourth-order valence-corrected chi connectivity index (χ4v) is 3.56. The Morgan fingerprint density at radius 2 is 2.28 bits per heavy atom. The van der Waals surface area contributed by atoms with E-state index in [1.165, 1.54) is 0 Å². The number of fused-ring (bicyclic) bond motifs is 2. The van der Waals surface area contributed by atoms with Crippen LogP contribution in [0, 0.1) is 0 Å². The molecule has 0 aliphatic carbocycles. The van der Waals surface area contributed by atoms with E-state index in [9.17, 15) is 4.79 Å². The van der Waals surface area contributed by atoms with Crippen LogP contribution in [0.25, 0.3) is 0 Å². The second-order valence-electron chi connectivity index (χ2n) is 7.35. The third kappa shape index (κ3) is 3.41. The van der Waals surface area contributed by atoms with Gasteiger partial charge in [-0.3, -0.25) is 9.80 Å². The fourth-order valence-electron chi connectivity index (χ4n) is 3.36. The molecule has 0 bridgehead atoms. The van der Waals surface area contributed by atoms with E-state index in [-0.39, 0.29) is 17.6 Å². The number of ether oxygens (including phenoxy) is 2. The van der Waals surface area contributed by atoms with Crippen molar-refractivity contribution in [2.24, 2.45) is 0 Å². The number of nitrogens with one attached hydrogen (secondary N) is 2. The van der Waals surface area contributed by atoms with E-state index in [2.05, 4.69) is 24.6 Å². The van der Waals surface area contributed by atoms with Crippen molar-refractivity contribution in [2.45, 2.75) is 44.4 Å². The first kappa shape index (κ1) is 16.5. The first-order valence-electron chi connectivity index (χ1n) is 8.56. The van der Waals surface area contributed by atoms with Gasteiger partial charge in [-0.15, -0.1) is 0 Å². The van der Waals surface area contributed by atoms with Gasteiger partial charge in [0.1, 0.15) is 24.0 Å². The predicted molar refractivity (Wildman–Crippen MR) is 94.1 cm³/mol. The summed E-state index contributed by atoms with van der Waals surface area (Å²) in [7, 11) is 0. The molecule has 2 unspecified atom stereocenters. The maximum absolute atomic E-state index is 12.6. The maximum atomic E-state index is 12.6. The Morgan fingerprint density at radius 1 is 1.44 bits per heavy atom. The minimum absolute atomic E-state index is 0.0753. The van der Waals surface area contributed by atoms with Crippen molar-refractivity contribution in [3.8, 4) is 5.75 Å². The first-order valence-corrected chi connectivity index (χ1v) is 8.94. The van der Waals surface area contributed by atoms with Gasteiger partial charge in [0.15, 0.2) is 0 Å². The molecule has 134 valence electrons. The minimum atomic E-state index is -0.426. The van der Waals surface area contributed by atoms with E-state index in [1.807, 2.05) is 29.3 Å². The number of hydrazine groups is 1. The second kappa shape index (κ2) is 6.11. The van der Waals surface area contributed by atoms with Crippen LogP contribution in [0.4, 0.5) is 0 Å². The molecule has 2 atom stereocenters. The summed E-state index contributed by atoms with van der Waals surface area (Å²) in [5.74, 6) is 1.49. The highest BCUT2D eigenvalue weighted by Gasteiger charge is 2.37. The Hall–Kier alpha value is -1.92. The lowest BCUT2D eigenvalue weighted by molar-refractivity contribution is -0.124. The Labute approximate surface area is 152 Å². The number of benzene rings is 1. The number of carbonyl (C=O) groups is 1. The molecule has 3 heterocycles. The number of nitrogens with zero attached hydrogens (tertiary/aromatic N) is 1. The lowest BCUT2D eigenvalue weighted by Crippen LogP contribution is -2.52. The van der Waals surface area contributed by atoms with Gasteiger partial charge in [-0.1, -0.05) is 11.6 Å². The van der Waals surface area contributed by atoms with Crippen molar-refractivity contribution < 1.29 is 14.3 Å². The van der Waals surface area contributed by atoms with Gasteiger partial charge in [-0.25, -0.2) is 5.43 Å². The summed E-state index contributed by atoms with van der Waals surface area (Å²) < 4.78 is 11.7. The van der Waals surface area contributed by atoms with Gasteiger partial charge in [-0.2, -0.15) is 0 Å². The van der Waals surface area contributed by atoms with E-state index in [1.54, 1.807) is 0 Å². The van der Waals surface area contributed by atoms with Gasteiger partial charge in [0.05, 0.1) is 6.04 Å². The minimum Gasteiger partial charge on any atom is -0.491 e. The summed E-state index contributed by atoms with van der Waals surface area (Å²) in [6.45, 7) is 5.39. The largest absolute Gasteiger partial charge is 0.491 e. The van der Waals surface area contributed by atoms with Crippen molar-refractivity contribution in [1.29, 1.82) is 0 Å². The molecule has 7 heteroatoms. The molecule has 0 radical (unpaired) electrons. The molecule has 0 saturated carbocycles. The number of rotatable bonds is 2. The van der Waals surface area contributed by atoms with Gasteiger partial charge in [-0.05, 0) is 44.0 Å². The molecule has 3 aliphatic heterocycles. The first-order chi connectivity index (χ1) is 11.9. The van der Waals surface area contributed by atoms with Crippen LogP contribution >= 0.6 is 11.6 Å². The Balaban J connectivity index is 1.39. The molecule has 25 heavy (non-hydrogen) atoms. The summed E-state index contributed by atoms with van der Waals surface area (Å²) in [6, 6.07) is 5.07. The molecular weight excluding hydrogens is 342 g/mol. The van der Waals surface area contributed by atoms with Crippen LogP contribution in [0.15, 0.2) is 30.2 Å². The van der Waals surface area contributed by atoms with Gasteiger partial charge in [0.25, 0.3) is 0 Å². The monoisotopic (exact) mass is 363 g/mol.